The lowest BCUT2D eigenvalue weighted by Crippen LogP contribution is -2.12. The predicted octanol–water partition coefficient (Wildman–Crippen LogP) is 2.66. The summed E-state index contributed by atoms with van der Waals surface area (Å²) in [5.74, 6) is -0.820. The van der Waals surface area contributed by atoms with E-state index in [1.807, 2.05) is 0 Å². The largest absolute Gasteiger partial charge is 0.458 e. The van der Waals surface area contributed by atoms with Gasteiger partial charge in [0.05, 0.1) is 11.1 Å². The number of halogens is 1. The monoisotopic (exact) mass is 272 g/mol. The first-order valence-corrected chi connectivity index (χ1v) is 5.61. The number of amides is 1. The highest BCUT2D eigenvalue weighted by Gasteiger charge is 2.15. The third-order valence-electron chi connectivity index (χ3n) is 2.64. The van der Waals surface area contributed by atoms with Crippen LogP contribution in [0.25, 0.3) is 0 Å². The van der Waals surface area contributed by atoms with E-state index in [1.54, 1.807) is 13.0 Å². The van der Waals surface area contributed by atoms with Crippen LogP contribution in [-0.4, -0.2) is 12.2 Å². The number of benzene rings is 1. The summed E-state index contributed by atoms with van der Waals surface area (Å²) in [6.07, 6.45) is 0.495. The second kappa shape index (κ2) is 5.36. The first-order chi connectivity index (χ1) is 9.55. The number of rotatable bonds is 3. The maximum atomic E-state index is 13.2. The van der Waals surface area contributed by atoms with E-state index in [-0.39, 0.29) is 22.6 Å². The molecular weight excluding hydrogens is 263 g/mol. The Balaban J connectivity index is 2.25. The van der Waals surface area contributed by atoms with Gasteiger partial charge in [0.1, 0.15) is 17.6 Å². The van der Waals surface area contributed by atoms with Crippen LogP contribution in [0.2, 0.25) is 0 Å². The Morgan fingerprint density at radius 1 is 1.45 bits per heavy atom. The van der Waals surface area contributed by atoms with Gasteiger partial charge in [0.15, 0.2) is 12.0 Å². The first kappa shape index (κ1) is 13.5. The number of carbonyl (C=O) groups excluding carboxylic acids is 2. The second-order valence-electron chi connectivity index (χ2n) is 4.00. The molecule has 0 spiro atoms. The number of furan rings is 1. The van der Waals surface area contributed by atoms with E-state index in [4.69, 9.17) is 9.68 Å². The summed E-state index contributed by atoms with van der Waals surface area (Å²) < 4.78 is 18.2. The van der Waals surface area contributed by atoms with Crippen LogP contribution in [0.15, 0.2) is 28.7 Å². The van der Waals surface area contributed by atoms with Crippen LogP contribution in [-0.2, 0) is 0 Å². The molecule has 0 unspecified atom stereocenters. The maximum absolute atomic E-state index is 13.2. The molecule has 5 nitrogen and oxygen atoms in total. The molecule has 0 saturated heterocycles. The lowest BCUT2D eigenvalue weighted by atomic mass is 10.2. The molecule has 0 fully saturated rings. The number of aldehydes is 1. The van der Waals surface area contributed by atoms with Crippen molar-refractivity contribution >= 4 is 17.9 Å². The molecule has 0 aliphatic carbocycles. The molecule has 1 heterocycles. The van der Waals surface area contributed by atoms with Gasteiger partial charge in [0.2, 0.25) is 0 Å². The zero-order valence-corrected chi connectivity index (χ0v) is 10.4. The number of aryl methyl sites for hydroxylation is 1. The van der Waals surface area contributed by atoms with E-state index in [2.05, 4.69) is 5.32 Å². The maximum Gasteiger partial charge on any atom is 0.259 e. The minimum atomic E-state index is -0.659. The average molecular weight is 272 g/mol. The van der Waals surface area contributed by atoms with Gasteiger partial charge < -0.3 is 9.73 Å². The highest BCUT2D eigenvalue weighted by Crippen LogP contribution is 2.18. The normalized spacial score (nSPS) is 9.85. The smallest absolute Gasteiger partial charge is 0.259 e. The Hall–Kier alpha value is -2.94. The van der Waals surface area contributed by atoms with Crippen LogP contribution in [0.4, 0.5) is 10.1 Å². The van der Waals surface area contributed by atoms with Gasteiger partial charge in [0.25, 0.3) is 5.91 Å². The van der Waals surface area contributed by atoms with Crippen molar-refractivity contribution in [1.82, 2.24) is 0 Å². The molecule has 0 saturated carbocycles. The van der Waals surface area contributed by atoms with Crippen molar-refractivity contribution < 1.29 is 18.4 Å². The molecule has 1 N–H and O–H groups in total. The standard InChI is InChI=1S/C14H9FN2O3/c1-8-12(5-11(7-18)20-8)14(19)17-10-2-3-13(15)9(4-10)6-16/h2-5,7H,1H3,(H,17,19). The van der Waals surface area contributed by atoms with Crippen molar-refractivity contribution in [3.63, 3.8) is 0 Å². The van der Waals surface area contributed by atoms with Crippen LogP contribution < -0.4 is 5.32 Å². The number of hydrogen-bond donors (Lipinski definition) is 1. The van der Waals surface area contributed by atoms with Gasteiger partial charge >= 0.3 is 0 Å². The predicted molar refractivity (Wildman–Crippen MR) is 67.9 cm³/mol. The summed E-state index contributed by atoms with van der Waals surface area (Å²) in [5, 5.41) is 11.2. The van der Waals surface area contributed by atoms with Gasteiger partial charge in [-0.05, 0) is 25.1 Å². The minimum Gasteiger partial charge on any atom is -0.458 e. The average Bonchev–Trinajstić information content (AvgIpc) is 2.82. The molecule has 100 valence electrons. The minimum absolute atomic E-state index is 0.0458. The number of hydrogen-bond acceptors (Lipinski definition) is 4. The van der Waals surface area contributed by atoms with E-state index >= 15 is 0 Å². The lowest BCUT2D eigenvalue weighted by molar-refractivity contribution is 0.102. The summed E-state index contributed by atoms with van der Waals surface area (Å²) in [6, 6.07) is 6.65. The van der Waals surface area contributed by atoms with Crippen LogP contribution >= 0.6 is 0 Å². The molecule has 2 rings (SSSR count). The molecule has 20 heavy (non-hydrogen) atoms. The second-order valence-corrected chi connectivity index (χ2v) is 4.00. The Bertz CT molecular complexity index is 729. The van der Waals surface area contributed by atoms with Gasteiger partial charge in [0, 0.05) is 11.8 Å². The molecule has 2 aromatic rings. The zero-order valence-electron chi connectivity index (χ0n) is 10.4. The lowest BCUT2D eigenvalue weighted by Gasteiger charge is -2.04. The molecule has 0 radical (unpaired) electrons. The van der Waals surface area contributed by atoms with Gasteiger partial charge in [-0.15, -0.1) is 0 Å². The molecule has 0 aliphatic heterocycles. The number of anilines is 1. The molecule has 6 heteroatoms. The van der Waals surface area contributed by atoms with E-state index in [0.717, 1.165) is 6.07 Å². The molecule has 1 aromatic heterocycles. The van der Waals surface area contributed by atoms with Crippen LogP contribution in [0.1, 0.15) is 32.2 Å². The van der Waals surface area contributed by atoms with Crippen LogP contribution in [0.3, 0.4) is 0 Å². The SMILES string of the molecule is Cc1oc(C=O)cc1C(=O)Nc1ccc(F)c(C#N)c1. The number of nitrogens with one attached hydrogen (secondary N) is 1. The molecule has 0 atom stereocenters. The van der Waals surface area contributed by atoms with Crippen molar-refractivity contribution in [3.05, 3.63) is 52.7 Å². The van der Waals surface area contributed by atoms with Crippen LogP contribution in [0.5, 0.6) is 0 Å². The van der Waals surface area contributed by atoms with Gasteiger partial charge in [-0.2, -0.15) is 5.26 Å². The van der Waals surface area contributed by atoms with E-state index in [1.165, 1.54) is 18.2 Å². The number of carbonyl (C=O) groups is 2. The van der Waals surface area contributed by atoms with Gasteiger partial charge in [-0.25, -0.2) is 4.39 Å². The number of nitriles is 1. The van der Waals surface area contributed by atoms with Crippen LogP contribution in [0, 0.1) is 24.1 Å². The van der Waals surface area contributed by atoms with E-state index < -0.39 is 11.7 Å². The van der Waals surface area contributed by atoms with Gasteiger partial charge in [-0.1, -0.05) is 0 Å². The zero-order chi connectivity index (χ0) is 14.7. The molecule has 0 aliphatic rings. The molecule has 1 amide bonds. The Morgan fingerprint density at radius 2 is 2.20 bits per heavy atom. The fraction of sp³-hybridized carbons (Fsp3) is 0.0714. The van der Waals surface area contributed by atoms with Crippen molar-refractivity contribution in [1.29, 1.82) is 5.26 Å². The Kier molecular flexibility index (Phi) is 3.62. The fourth-order valence-electron chi connectivity index (χ4n) is 1.68. The third kappa shape index (κ3) is 2.57. The van der Waals surface area contributed by atoms with Crippen molar-refractivity contribution in [2.75, 3.05) is 5.32 Å². The number of nitrogens with zero attached hydrogens (tertiary/aromatic N) is 1. The summed E-state index contributed by atoms with van der Waals surface area (Å²) in [5.41, 5.74) is 0.316. The van der Waals surface area contributed by atoms with Gasteiger partial charge in [-0.3, -0.25) is 9.59 Å². The van der Waals surface area contributed by atoms with E-state index in [9.17, 15) is 14.0 Å². The van der Waals surface area contributed by atoms with Crippen molar-refractivity contribution in [2.45, 2.75) is 6.92 Å². The Morgan fingerprint density at radius 3 is 2.80 bits per heavy atom. The summed E-state index contributed by atoms with van der Waals surface area (Å²) in [6.45, 7) is 1.55. The molecule has 0 bridgehead atoms. The quantitative estimate of drug-likeness (QED) is 0.870. The Labute approximate surface area is 113 Å². The fourth-order valence-corrected chi connectivity index (χ4v) is 1.68. The third-order valence-corrected chi connectivity index (χ3v) is 2.64. The summed E-state index contributed by atoms with van der Waals surface area (Å²) in [7, 11) is 0. The van der Waals surface area contributed by atoms with Crippen molar-refractivity contribution in [3.8, 4) is 6.07 Å². The highest BCUT2D eigenvalue weighted by molar-refractivity contribution is 6.05. The first-order valence-electron chi connectivity index (χ1n) is 5.61. The van der Waals surface area contributed by atoms with E-state index in [0.29, 0.717) is 12.0 Å². The summed E-state index contributed by atoms with van der Waals surface area (Å²) >= 11 is 0. The highest BCUT2D eigenvalue weighted by atomic mass is 19.1. The molecular formula is C14H9FN2O3. The molecule has 1 aromatic carbocycles. The van der Waals surface area contributed by atoms with Crippen molar-refractivity contribution in [2.24, 2.45) is 0 Å². The topological polar surface area (TPSA) is 83.1 Å². The summed E-state index contributed by atoms with van der Waals surface area (Å²) in [4.78, 5) is 22.6.